The summed E-state index contributed by atoms with van der Waals surface area (Å²) in [5.74, 6) is -1.60. The summed E-state index contributed by atoms with van der Waals surface area (Å²) in [4.78, 5) is 28.3. The molecule has 0 unspecified atom stereocenters. The molecule has 0 bridgehead atoms. The molecule has 2 rings (SSSR count). The monoisotopic (exact) mass is 319 g/mol. The number of carbonyl (C=O) groups is 1. The number of hydrogen-bond donors (Lipinski definition) is 2. The Morgan fingerprint density at radius 1 is 1.39 bits per heavy atom. The molecule has 2 aromatic heterocycles. The third-order valence-corrected chi connectivity index (χ3v) is 3.98. The lowest BCUT2D eigenvalue weighted by Crippen LogP contribution is -2.34. The van der Waals surface area contributed by atoms with Crippen molar-refractivity contribution >= 4 is 5.97 Å². The van der Waals surface area contributed by atoms with Gasteiger partial charge < -0.3 is 10.2 Å². The second-order valence-electron chi connectivity index (χ2n) is 5.70. The Labute approximate surface area is 133 Å². The lowest BCUT2D eigenvalue weighted by Gasteiger charge is -2.18. The number of aromatic nitrogens is 3. The molecule has 2 N–H and O–H groups in total. The van der Waals surface area contributed by atoms with E-state index in [-0.39, 0.29) is 18.3 Å². The third kappa shape index (κ3) is 3.44. The number of hydrogen-bond acceptors (Lipinski definition) is 4. The number of pyridine rings is 1. The molecule has 0 amide bonds. The summed E-state index contributed by atoms with van der Waals surface area (Å²) in [6, 6.07) is 4.39. The lowest BCUT2D eigenvalue weighted by molar-refractivity contribution is -0.142. The van der Waals surface area contributed by atoms with E-state index in [4.69, 9.17) is 0 Å². The SMILES string of the molecule is CC[C@H](C)[C@@H](C(=O)O)n1cc(O)n(Cc2cccc(C)n2)c1=O. The highest BCUT2D eigenvalue weighted by Crippen LogP contribution is 2.22. The van der Waals surface area contributed by atoms with Gasteiger partial charge >= 0.3 is 11.7 Å². The van der Waals surface area contributed by atoms with Gasteiger partial charge in [-0.3, -0.25) is 14.1 Å². The van der Waals surface area contributed by atoms with Gasteiger partial charge in [0.15, 0.2) is 0 Å². The van der Waals surface area contributed by atoms with Crippen molar-refractivity contribution < 1.29 is 15.0 Å². The van der Waals surface area contributed by atoms with Gasteiger partial charge in [0.25, 0.3) is 0 Å². The van der Waals surface area contributed by atoms with E-state index in [2.05, 4.69) is 4.98 Å². The number of aliphatic carboxylic acids is 1. The van der Waals surface area contributed by atoms with Gasteiger partial charge in [-0.2, -0.15) is 0 Å². The number of carboxylic acid groups (broad SMARTS) is 1. The predicted molar refractivity (Wildman–Crippen MR) is 84.6 cm³/mol. The van der Waals surface area contributed by atoms with Crippen LogP contribution in [0.4, 0.5) is 0 Å². The van der Waals surface area contributed by atoms with Crippen molar-refractivity contribution in [2.45, 2.75) is 39.8 Å². The maximum atomic E-state index is 12.5. The number of carboxylic acids is 1. The molecule has 0 spiro atoms. The van der Waals surface area contributed by atoms with E-state index in [0.717, 1.165) is 14.8 Å². The molecule has 0 radical (unpaired) electrons. The maximum Gasteiger partial charge on any atom is 0.332 e. The van der Waals surface area contributed by atoms with E-state index in [9.17, 15) is 19.8 Å². The number of nitrogens with zero attached hydrogens (tertiary/aromatic N) is 3. The zero-order chi connectivity index (χ0) is 17.1. The molecule has 7 heteroatoms. The molecule has 0 fully saturated rings. The summed E-state index contributed by atoms with van der Waals surface area (Å²) in [6.07, 6.45) is 1.79. The van der Waals surface area contributed by atoms with Gasteiger partial charge in [0.2, 0.25) is 5.88 Å². The van der Waals surface area contributed by atoms with Crippen molar-refractivity contribution in [3.63, 3.8) is 0 Å². The average Bonchev–Trinajstić information content (AvgIpc) is 2.75. The van der Waals surface area contributed by atoms with Crippen LogP contribution in [0, 0.1) is 12.8 Å². The quantitative estimate of drug-likeness (QED) is 0.846. The van der Waals surface area contributed by atoms with Crippen LogP contribution in [0.1, 0.15) is 37.7 Å². The maximum absolute atomic E-state index is 12.5. The Hall–Kier alpha value is -2.57. The first-order chi connectivity index (χ1) is 10.8. The van der Waals surface area contributed by atoms with Crippen LogP contribution >= 0.6 is 0 Å². The first-order valence-electron chi connectivity index (χ1n) is 7.51. The van der Waals surface area contributed by atoms with Crippen LogP contribution in [0.15, 0.2) is 29.2 Å². The van der Waals surface area contributed by atoms with Gasteiger partial charge in [-0.15, -0.1) is 0 Å². The molecule has 124 valence electrons. The van der Waals surface area contributed by atoms with Gasteiger partial charge in [0.05, 0.1) is 18.4 Å². The fourth-order valence-corrected chi connectivity index (χ4v) is 2.54. The average molecular weight is 319 g/mol. The van der Waals surface area contributed by atoms with Gasteiger partial charge in [-0.25, -0.2) is 9.59 Å². The predicted octanol–water partition coefficient (Wildman–Crippen LogP) is 1.78. The Balaban J connectivity index is 2.43. The number of aromatic hydroxyl groups is 1. The Kier molecular flexibility index (Phi) is 4.88. The summed E-state index contributed by atoms with van der Waals surface area (Å²) in [6.45, 7) is 5.55. The smallest absolute Gasteiger partial charge is 0.332 e. The van der Waals surface area contributed by atoms with Gasteiger partial charge in [0, 0.05) is 5.69 Å². The first kappa shape index (κ1) is 16.8. The number of rotatable bonds is 6. The fraction of sp³-hybridized carbons (Fsp3) is 0.438. The minimum Gasteiger partial charge on any atom is -0.493 e. The van der Waals surface area contributed by atoms with Crippen molar-refractivity contribution in [3.05, 3.63) is 46.3 Å². The summed E-state index contributed by atoms with van der Waals surface area (Å²) in [5, 5.41) is 19.5. The van der Waals surface area contributed by atoms with Gasteiger partial charge in [-0.05, 0) is 25.0 Å². The third-order valence-electron chi connectivity index (χ3n) is 3.98. The molecule has 2 aromatic rings. The normalized spacial score (nSPS) is 13.7. The van der Waals surface area contributed by atoms with Crippen LogP contribution < -0.4 is 5.69 Å². The first-order valence-corrected chi connectivity index (χ1v) is 7.51. The van der Waals surface area contributed by atoms with Crippen molar-refractivity contribution in [2.75, 3.05) is 0 Å². The van der Waals surface area contributed by atoms with Crippen molar-refractivity contribution in [1.82, 2.24) is 14.1 Å². The number of imidazole rings is 1. The van der Waals surface area contributed by atoms with E-state index >= 15 is 0 Å². The molecule has 0 aromatic carbocycles. The van der Waals surface area contributed by atoms with Crippen LogP contribution in [0.2, 0.25) is 0 Å². The molecule has 2 atom stereocenters. The van der Waals surface area contributed by atoms with Gasteiger partial charge in [-0.1, -0.05) is 26.3 Å². The second-order valence-corrected chi connectivity index (χ2v) is 5.70. The second kappa shape index (κ2) is 6.68. The summed E-state index contributed by atoms with van der Waals surface area (Å²) < 4.78 is 2.21. The molecule has 0 aliphatic rings. The van der Waals surface area contributed by atoms with Crippen molar-refractivity contribution in [2.24, 2.45) is 5.92 Å². The molecule has 0 aliphatic carbocycles. The van der Waals surface area contributed by atoms with Crippen LogP contribution in [-0.2, 0) is 11.3 Å². The lowest BCUT2D eigenvalue weighted by atomic mass is 9.99. The van der Waals surface area contributed by atoms with Crippen LogP contribution in [0.3, 0.4) is 0 Å². The zero-order valence-electron chi connectivity index (χ0n) is 13.4. The van der Waals surface area contributed by atoms with Crippen LogP contribution in [-0.4, -0.2) is 30.3 Å². The van der Waals surface area contributed by atoms with E-state index in [1.807, 2.05) is 26.0 Å². The molecule has 0 saturated heterocycles. The highest BCUT2D eigenvalue weighted by atomic mass is 16.4. The fourth-order valence-electron chi connectivity index (χ4n) is 2.54. The summed E-state index contributed by atoms with van der Waals surface area (Å²) in [7, 11) is 0. The molecule has 7 nitrogen and oxygen atoms in total. The van der Waals surface area contributed by atoms with E-state index in [1.54, 1.807) is 13.0 Å². The molecular formula is C16H21N3O4. The number of aryl methyl sites for hydroxylation is 1. The Bertz CT molecular complexity index is 763. The largest absolute Gasteiger partial charge is 0.493 e. The van der Waals surface area contributed by atoms with E-state index in [1.165, 1.54) is 6.20 Å². The summed E-state index contributed by atoms with van der Waals surface area (Å²) in [5.41, 5.74) is 0.867. The standard InChI is InChI=1S/C16H21N3O4/c1-4-10(2)14(15(21)22)19-9-13(20)18(16(19)23)8-12-7-5-6-11(3)17-12/h5-7,9-10,14,20H,4,8H2,1-3H3,(H,21,22)/t10-,14-/m0/s1. The zero-order valence-corrected chi connectivity index (χ0v) is 13.4. The van der Waals surface area contributed by atoms with Crippen LogP contribution in [0.25, 0.3) is 0 Å². The van der Waals surface area contributed by atoms with Crippen molar-refractivity contribution in [3.8, 4) is 5.88 Å². The summed E-state index contributed by atoms with van der Waals surface area (Å²) >= 11 is 0. The molecular weight excluding hydrogens is 298 g/mol. The van der Waals surface area contributed by atoms with E-state index < -0.39 is 17.7 Å². The highest BCUT2D eigenvalue weighted by Gasteiger charge is 2.28. The van der Waals surface area contributed by atoms with E-state index in [0.29, 0.717) is 12.1 Å². The molecule has 23 heavy (non-hydrogen) atoms. The molecule has 0 saturated carbocycles. The van der Waals surface area contributed by atoms with Crippen LogP contribution in [0.5, 0.6) is 5.88 Å². The minimum atomic E-state index is -1.09. The van der Waals surface area contributed by atoms with Crippen molar-refractivity contribution in [1.29, 1.82) is 0 Å². The minimum absolute atomic E-state index is 0.0895. The Morgan fingerprint density at radius 3 is 2.65 bits per heavy atom. The molecule has 0 aliphatic heterocycles. The molecule has 2 heterocycles. The Morgan fingerprint density at radius 2 is 2.09 bits per heavy atom. The van der Waals surface area contributed by atoms with Gasteiger partial charge in [0.1, 0.15) is 6.04 Å². The topological polar surface area (TPSA) is 97.3 Å². The highest BCUT2D eigenvalue weighted by molar-refractivity contribution is 5.72.